The molecule has 10 aromatic carbocycles. The fraction of sp³-hybridized carbons (Fsp3) is 0. The first-order valence-electron chi connectivity index (χ1n) is 19.6. The quantitative estimate of drug-likeness (QED) is 0.156. The molecule has 11 aromatic rings. The maximum atomic E-state index is 6.15. The zero-order valence-corrected chi connectivity index (χ0v) is 31.2. The van der Waals surface area contributed by atoms with Crippen LogP contribution in [0.15, 0.2) is 223 Å². The third kappa shape index (κ3) is 5.80. The highest BCUT2D eigenvalue weighted by atomic mass is 16.3. The van der Waals surface area contributed by atoms with Gasteiger partial charge in [0.25, 0.3) is 0 Å². The van der Waals surface area contributed by atoms with Crippen molar-refractivity contribution in [3.63, 3.8) is 0 Å². The highest BCUT2D eigenvalue weighted by Crippen LogP contribution is 2.46. The molecule has 57 heavy (non-hydrogen) atoms. The molecule has 0 aliphatic heterocycles. The minimum absolute atomic E-state index is 0.911. The molecule has 0 saturated heterocycles. The van der Waals surface area contributed by atoms with Crippen LogP contribution in [-0.2, 0) is 0 Å². The van der Waals surface area contributed by atoms with Crippen molar-refractivity contribution in [3.05, 3.63) is 218 Å². The van der Waals surface area contributed by atoms with Gasteiger partial charge in [-0.15, -0.1) is 0 Å². The van der Waals surface area contributed by atoms with Crippen LogP contribution in [0.4, 0.5) is 0 Å². The second-order valence-corrected chi connectivity index (χ2v) is 14.8. The standard InChI is InChI=1S/C56H36O/c1-4-14-37(15-5-1)40-20-12-21-41(32-40)44-26-29-48-51(35-44)55(38-16-6-2-7-17-38)49-30-27-45(36-52(49)56(48)39-18-8-3-9-19-39)42-22-13-23-43(33-42)46-28-31-54-50(34-46)47-24-10-11-25-53(47)57-54/h1-36H. The van der Waals surface area contributed by atoms with E-state index in [2.05, 4.69) is 206 Å². The second kappa shape index (κ2) is 13.7. The topological polar surface area (TPSA) is 13.1 Å². The lowest BCUT2D eigenvalue weighted by atomic mass is 9.83. The van der Waals surface area contributed by atoms with Gasteiger partial charge in [-0.25, -0.2) is 0 Å². The number of hydrogen-bond acceptors (Lipinski definition) is 1. The average Bonchev–Trinajstić information content (AvgIpc) is 3.67. The second-order valence-electron chi connectivity index (χ2n) is 14.8. The van der Waals surface area contributed by atoms with Gasteiger partial charge in [0.15, 0.2) is 0 Å². The Labute approximate surface area is 331 Å². The van der Waals surface area contributed by atoms with Crippen LogP contribution in [0.5, 0.6) is 0 Å². The van der Waals surface area contributed by atoms with E-state index < -0.39 is 0 Å². The van der Waals surface area contributed by atoms with E-state index in [9.17, 15) is 0 Å². The summed E-state index contributed by atoms with van der Waals surface area (Å²) in [7, 11) is 0. The molecule has 0 radical (unpaired) electrons. The Morgan fingerprint density at radius 1 is 0.193 bits per heavy atom. The van der Waals surface area contributed by atoms with Crippen molar-refractivity contribution in [2.45, 2.75) is 0 Å². The molecule has 1 heteroatoms. The van der Waals surface area contributed by atoms with Crippen LogP contribution in [0.25, 0.3) is 110 Å². The molecule has 0 spiro atoms. The van der Waals surface area contributed by atoms with Gasteiger partial charge in [-0.2, -0.15) is 0 Å². The number of rotatable bonds is 6. The molecule has 0 saturated carbocycles. The third-order valence-electron chi connectivity index (χ3n) is 11.5. The van der Waals surface area contributed by atoms with Gasteiger partial charge in [-0.3, -0.25) is 0 Å². The summed E-state index contributed by atoms with van der Waals surface area (Å²) in [6, 6.07) is 79.2. The lowest BCUT2D eigenvalue weighted by Crippen LogP contribution is -1.93. The molecule has 0 atom stereocenters. The summed E-state index contributed by atoms with van der Waals surface area (Å²) in [5.74, 6) is 0. The summed E-state index contributed by atoms with van der Waals surface area (Å²) in [5, 5.41) is 7.23. The highest BCUT2D eigenvalue weighted by Gasteiger charge is 2.19. The van der Waals surface area contributed by atoms with Crippen LogP contribution < -0.4 is 0 Å². The van der Waals surface area contributed by atoms with Gasteiger partial charge in [-0.05, 0) is 131 Å². The summed E-state index contributed by atoms with van der Waals surface area (Å²) in [6.45, 7) is 0. The molecule has 0 unspecified atom stereocenters. The van der Waals surface area contributed by atoms with E-state index in [1.165, 1.54) is 88.3 Å². The lowest BCUT2D eigenvalue weighted by Gasteiger charge is -2.20. The zero-order chi connectivity index (χ0) is 37.7. The van der Waals surface area contributed by atoms with Gasteiger partial charge in [0, 0.05) is 10.8 Å². The highest BCUT2D eigenvalue weighted by molar-refractivity contribution is 6.22. The van der Waals surface area contributed by atoms with Crippen LogP contribution in [0.2, 0.25) is 0 Å². The Morgan fingerprint density at radius 3 is 1.09 bits per heavy atom. The third-order valence-corrected chi connectivity index (χ3v) is 11.5. The van der Waals surface area contributed by atoms with E-state index in [1.807, 2.05) is 12.1 Å². The average molecular weight is 725 g/mol. The minimum atomic E-state index is 0.911. The summed E-state index contributed by atoms with van der Waals surface area (Å²) >= 11 is 0. The number of benzene rings is 10. The Hall–Kier alpha value is -7.48. The molecule has 0 aliphatic rings. The van der Waals surface area contributed by atoms with Crippen LogP contribution in [-0.4, -0.2) is 0 Å². The molecule has 1 aromatic heterocycles. The van der Waals surface area contributed by atoms with Crippen molar-refractivity contribution in [3.8, 4) is 66.8 Å². The molecule has 11 rings (SSSR count). The van der Waals surface area contributed by atoms with Crippen molar-refractivity contribution in [1.29, 1.82) is 0 Å². The molecule has 266 valence electrons. The van der Waals surface area contributed by atoms with Crippen molar-refractivity contribution in [1.82, 2.24) is 0 Å². The van der Waals surface area contributed by atoms with Crippen molar-refractivity contribution < 1.29 is 4.42 Å². The Balaban J connectivity index is 1.12. The van der Waals surface area contributed by atoms with E-state index in [1.54, 1.807) is 0 Å². The Bertz CT molecular complexity index is 3270. The van der Waals surface area contributed by atoms with Gasteiger partial charge < -0.3 is 4.42 Å². The van der Waals surface area contributed by atoms with E-state index >= 15 is 0 Å². The smallest absolute Gasteiger partial charge is 0.135 e. The molecule has 1 heterocycles. The lowest BCUT2D eigenvalue weighted by molar-refractivity contribution is 0.669. The first-order valence-corrected chi connectivity index (χ1v) is 19.6. The monoisotopic (exact) mass is 724 g/mol. The number of para-hydroxylation sites is 1. The largest absolute Gasteiger partial charge is 0.456 e. The van der Waals surface area contributed by atoms with Gasteiger partial charge in [0.05, 0.1) is 0 Å². The fourth-order valence-corrected chi connectivity index (χ4v) is 8.71. The van der Waals surface area contributed by atoms with Crippen LogP contribution in [0.1, 0.15) is 0 Å². The van der Waals surface area contributed by atoms with Crippen LogP contribution in [0.3, 0.4) is 0 Å². The number of hydrogen-bond donors (Lipinski definition) is 0. The maximum Gasteiger partial charge on any atom is 0.135 e. The van der Waals surface area contributed by atoms with Gasteiger partial charge in [-0.1, -0.05) is 176 Å². The van der Waals surface area contributed by atoms with E-state index in [-0.39, 0.29) is 0 Å². The Morgan fingerprint density at radius 2 is 0.561 bits per heavy atom. The normalized spacial score (nSPS) is 11.5. The van der Waals surface area contributed by atoms with Crippen LogP contribution >= 0.6 is 0 Å². The summed E-state index contributed by atoms with van der Waals surface area (Å²) in [4.78, 5) is 0. The number of fused-ring (bicyclic) bond motifs is 5. The van der Waals surface area contributed by atoms with Crippen molar-refractivity contribution in [2.75, 3.05) is 0 Å². The maximum absolute atomic E-state index is 6.15. The van der Waals surface area contributed by atoms with E-state index in [0.717, 1.165) is 21.9 Å². The first-order chi connectivity index (χ1) is 28.2. The first kappa shape index (κ1) is 32.9. The minimum Gasteiger partial charge on any atom is -0.456 e. The van der Waals surface area contributed by atoms with Crippen molar-refractivity contribution in [2.24, 2.45) is 0 Å². The van der Waals surface area contributed by atoms with E-state index in [4.69, 9.17) is 4.42 Å². The predicted octanol–water partition coefficient (Wildman–Crippen LogP) is 15.9. The predicted molar refractivity (Wildman–Crippen MR) is 241 cm³/mol. The van der Waals surface area contributed by atoms with Gasteiger partial charge in [0.2, 0.25) is 0 Å². The molecule has 0 fully saturated rings. The SMILES string of the molecule is c1ccc(-c2cccc(-c3ccc4c(-c5ccccc5)c5cc(-c6cccc(-c7ccc8oc9ccccc9c8c7)c6)ccc5c(-c5ccccc5)c4c3)c2)cc1. The van der Waals surface area contributed by atoms with E-state index in [0.29, 0.717) is 0 Å². The van der Waals surface area contributed by atoms with Gasteiger partial charge >= 0.3 is 0 Å². The Kier molecular flexibility index (Phi) is 7.89. The molecular weight excluding hydrogens is 689 g/mol. The molecule has 1 nitrogen and oxygen atoms in total. The van der Waals surface area contributed by atoms with Crippen molar-refractivity contribution >= 4 is 43.5 Å². The molecular formula is C56H36O. The number of furan rings is 1. The fourth-order valence-electron chi connectivity index (χ4n) is 8.71. The summed E-state index contributed by atoms with van der Waals surface area (Å²) in [6.07, 6.45) is 0. The van der Waals surface area contributed by atoms with Gasteiger partial charge in [0.1, 0.15) is 11.2 Å². The molecule has 0 N–H and O–H groups in total. The molecule has 0 amide bonds. The van der Waals surface area contributed by atoms with Crippen LogP contribution in [0, 0.1) is 0 Å². The zero-order valence-electron chi connectivity index (χ0n) is 31.2. The summed E-state index contributed by atoms with van der Waals surface area (Å²) in [5.41, 5.74) is 16.3. The summed E-state index contributed by atoms with van der Waals surface area (Å²) < 4.78 is 6.15. The molecule has 0 aliphatic carbocycles. The molecule has 0 bridgehead atoms.